The van der Waals surface area contributed by atoms with Gasteiger partial charge in [0.15, 0.2) is 0 Å². The molecule has 4 heteroatoms. The Balaban J connectivity index is 1.09. The molecule has 0 atom stereocenters. The maximum atomic E-state index is 2.51. The summed E-state index contributed by atoms with van der Waals surface area (Å²) in [6.07, 6.45) is 10.8. The third-order valence-electron chi connectivity index (χ3n) is 6.10. The highest BCUT2D eigenvalue weighted by Gasteiger charge is 2.16. The highest BCUT2D eigenvalue weighted by Crippen LogP contribution is 2.21. The van der Waals surface area contributed by atoms with E-state index in [-0.39, 0.29) is 0 Å². The summed E-state index contributed by atoms with van der Waals surface area (Å²) in [5.74, 6) is 0. The Labute approximate surface area is 188 Å². The van der Waals surface area contributed by atoms with E-state index in [1.807, 2.05) is 22.7 Å². The van der Waals surface area contributed by atoms with Crippen LogP contribution in [0.25, 0.3) is 20.4 Å². The SMILES string of the molecule is Cc1sc2ccccc2[n+]1CCCCCCCCCC[n+]1c(C)sc2ccccc21. The van der Waals surface area contributed by atoms with Crippen LogP contribution in [-0.4, -0.2) is 0 Å². The Morgan fingerprint density at radius 2 is 0.900 bits per heavy atom. The van der Waals surface area contributed by atoms with Crippen molar-refractivity contribution >= 4 is 43.1 Å². The van der Waals surface area contributed by atoms with E-state index in [1.54, 1.807) is 0 Å². The molecule has 2 aromatic heterocycles. The smallest absolute Gasteiger partial charge is 0.186 e. The number of fused-ring (bicyclic) bond motifs is 2. The maximum absolute atomic E-state index is 2.51. The summed E-state index contributed by atoms with van der Waals surface area (Å²) in [6, 6.07) is 17.6. The minimum absolute atomic E-state index is 1.17. The van der Waals surface area contributed by atoms with Gasteiger partial charge in [0.1, 0.15) is 22.5 Å². The molecule has 0 unspecified atom stereocenters. The molecular weight excluding hydrogens is 404 g/mol. The van der Waals surface area contributed by atoms with Gasteiger partial charge in [0, 0.05) is 38.8 Å². The van der Waals surface area contributed by atoms with Crippen molar-refractivity contribution in [1.82, 2.24) is 0 Å². The summed E-state index contributed by atoms with van der Waals surface area (Å²) >= 11 is 3.84. The summed E-state index contributed by atoms with van der Waals surface area (Å²) < 4.78 is 7.85. The van der Waals surface area contributed by atoms with Gasteiger partial charge in [0.2, 0.25) is 21.0 Å². The van der Waals surface area contributed by atoms with Crippen LogP contribution in [0.5, 0.6) is 0 Å². The topological polar surface area (TPSA) is 7.76 Å². The second kappa shape index (κ2) is 10.5. The van der Waals surface area contributed by atoms with Crippen molar-refractivity contribution in [3.8, 4) is 0 Å². The third-order valence-corrected chi connectivity index (χ3v) is 8.26. The molecule has 158 valence electrons. The van der Waals surface area contributed by atoms with Gasteiger partial charge < -0.3 is 0 Å². The third kappa shape index (κ3) is 5.09. The van der Waals surface area contributed by atoms with Crippen LogP contribution in [0.15, 0.2) is 48.5 Å². The summed E-state index contributed by atoms with van der Waals surface area (Å²) in [5, 5.41) is 2.87. The van der Waals surface area contributed by atoms with Crippen molar-refractivity contribution < 1.29 is 9.13 Å². The molecule has 0 aliphatic rings. The van der Waals surface area contributed by atoms with E-state index in [4.69, 9.17) is 0 Å². The Morgan fingerprint density at radius 1 is 0.533 bits per heavy atom. The average Bonchev–Trinajstić information content (AvgIpc) is 3.25. The van der Waals surface area contributed by atoms with Crippen LogP contribution in [0.2, 0.25) is 0 Å². The quantitative estimate of drug-likeness (QED) is 0.174. The molecular formula is C26H34N2S2+2. The monoisotopic (exact) mass is 438 g/mol. The fraction of sp³-hybridized carbons (Fsp3) is 0.462. The first-order chi connectivity index (χ1) is 14.7. The van der Waals surface area contributed by atoms with Gasteiger partial charge in [-0.15, -0.1) is 0 Å². The zero-order valence-corrected chi connectivity index (χ0v) is 20.0. The summed E-state index contributed by atoms with van der Waals surface area (Å²) in [4.78, 5) is 0. The molecule has 0 radical (unpaired) electrons. The predicted molar refractivity (Wildman–Crippen MR) is 130 cm³/mol. The van der Waals surface area contributed by atoms with Crippen LogP contribution in [0.3, 0.4) is 0 Å². The van der Waals surface area contributed by atoms with Crippen molar-refractivity contribution in [3.05, 3.63) is 58.5 Å². The van der Waals surface area contributed by atoms with E-state index in [9.17, 15) is 0 Å². The van der Waals surface area contributed by atoms with Gasteiger partial charge in [-0.3, -0.25) is 0 Å². The number of unbranched alkanes of at least 4 members (excludes halogenated alkanes) is 7. The normalized spacial score (nSPS) is 11.7. The minimum Gasteiger partial charge on any atom is -0.186 e. The van der Waals surface area contributed by atoms with Crippen molar-refractivity contribution in [2.75, 3.05) is 0 Å². The molecule has 0 amide bonds. The van der Waals surface area contributed by atoms with Crippen molar-refractivity contribution in [2.45, 2.75) is 78.3 Å². The number of aryl methyl sites for hydroxylation is 4. The van der Waals surface area contributed by atoms with Crippen LogP contribution < -0.4 is 9.13 Å². The first-order valence-electron chi connectivity index (χ1n) is 11.5. The summed E-state index contributed by atoms with van der Waals surface area (Å²) in [6.45, 7) is 6.84. The predicted octanol–water partition coefficient (Wildman–Crippen LogP) is 7.13. The van der Waals surface area contributed by atoms with Gasteiger partial charge in [-0.25, -0.2) is 0 Å². The van der Waals surface area contributed by atoms with E-state index in [0.717, 1.165) is 0 Å². The lowest BCUT2D eigenvalue weighted by molar-refractivity contribution is -0.673. The zero-order valence-electron chi connectivity index (χ0n) is 18.4. The highest BCUT2D eigenvalue weighted by atomic mass is 32.1. The fourth-order valence-electron chi connectivity index (χ4n) is 4.46. The van der Waals surface area contributed by atoms with Crippen LogP contribution in [-0.2, 0) is 13.1 Å². The molecule has 0 spiro atoms. The molecule has 0 aliphatic heterocycles. The molecule has 4 rings (SSSR count). The van der Waals surface area contributed by atoms with Gasteiger partial charge in [0.05, 0.1) is 0 Å². The number of rotatable bonds is 11. The molecule has 2 aromatic carbocycles. The van der Waals surface area contributed by atoms with E-state index in [2.05, 4.69) is 71.5 Å². The van der Waals surface area contributed by atoms with Crippen molar-refractivity contribution in [1.29, 1.82) is 0 Å². The molecule has 0 N–H and O–H groups in total. The lowest BCUT2D eigenvalue weighted by Gasteiger charge is -2.02. The largest absolute Gasteiger partial charge is 0.235 e. The van der Waals surface area contributed by atoms with Gasteiger partial charge in [-0.2, -0.15) is 9.13 Å². The highest BCUT2D eigenvalue weighted by molar-refractivity contribution is 7.18. The number of para-hydroxylation sites is 2. The Bertz CT molecular complexity index is 1010. The standard InChI is InChI=1S/C26H34N2S2/c1-21-27(23-15-9-11-17-25(23)29-21)19-13-7-5-3-4-6-8-14-20-28-22(2)30-26-18-12-10-16-24(26)28/h9-12,15-18H,3-8,13-14,19-20H2,1-2H3/q+2. The Morgan fingerprint density at radius 3 is 1.33 bits per heavy atom. The lowest BCUT2D eigenvalue weighted by atomic mass is 10.1. The molecule has 4 aromatic rings. The molecule has 0 saturated carbocycles. The number of thiazole rings is 2. The van der Waals surface area contributed by atoms with Crippen LogP contribution in [0, 0.1) is 13.8 Å². The Kier molecular flexibility index (Phi) is 7.51. The fourth-order valence-corrected chi connectivity index (χ4v) is 6.55. The lowest BCUT2D eigenvalue weighted by Crippen LogP contribution is -2.34. The molecule has 2 nitrogen and oxygen atoms in total. The Hall–Kier alpha value is -1.78. The molecule has 0 aliphatic carbocycles. The average molecular weight is 439 g/mol. The molecule has 0 fully saturated rings. The van der Waals surface area contributed by atoms with E-state index in [1.165, 1.54) is 94.9 Å². The number of nitrogens with zero attached hydrogens (tertiary/aromatic N) is 2. The van der Waals surface area contributed by atoms with Gasteiger partial charge in [-0.05, 0) is 25.0 Å². The zero-order chi connectivity index (χ0) is 20.8. The first kappa shape index (κ1) is 21.5. The number of hydrogen-bond acceptors (Lipinski definition) is 2. The van der Waals surface area contributed by atoms with E-state index >= 15 is 0 Å². The molecule has 0 bridgehead atoms. The van der Waals surface area contributed by atoms with Gasteiger partial charge in [-0.1, -0.05) is 72.6 Å². The van der Waals surface area contributed by atoms with Crippen molar-refractivity contribution in [2.24, 2.45) is 0 Å². The van der Waals surface area contributed by atoms with Gasteiger partial charge in [0.25, 0.3) is 0 Å². The number of aromatic nitrogens is 2. The maximum Gasteiger partial charge on any atom is 0.235 e. The molecule has 30 heavy (non-hydrogen) atoms. The van der Waals surface area contributed by atoms with Crippen molar-refractivity contribution in [3.63, 3.8) is 0 Å². The minimum atomic E-state index is 1.17. The number of hydrogen-bond donors (Lipinski definition) is 0. The second-order valence-corrected chi connectivity index (χ2v) is 10.8. The second-order valence-electron chi connectivity index (χ2n) is 8.31. The molecule has 2 heterocycles. The summed E-state index contributed by atoms with van der Waals surface area (Å²) in [7, 11) is 0. The van der Waals surface area contributed by atoms with E-state index in [0.29, 0.717) is 0 Å². The van der Waals surface area contributed by atoms with E-state index < -0.39 is 0 Å². The van der Waals surface area contributed by atoms with Crippen LogP contribution in [0.4, 0.5) is 0 Å². The first-order valence-corrected chi connectivity index (χ1v) is 13.1. The number of benzene rings is 2. The van der Waals surface area contributed by atoms with Crippen LogP contribution in [0.1, 0.15) is 61.4 Å². The van der Waals surface area contributed by atoms with Gasteiger partial charge >= 0.3 is 0 Å². The van der Waals surface area contributed by atoms with Crippen LogP contribution >= 0.6 is 22.7 Å². The molecule has 0 saturated heterocycles. The summed E-state index contributed by atoms with van der Waals surface area (Å²) in [5.41, 5.74) is 2.82.